The Kier molecular flexibility index (Phi) is 7.32. The first-order chi connectivity index (χ1) is 16.8. The van der Waals surface area contributed by atoms with E-state index in [4.69, 9.17) is 4.74 Å². The summed E-state index contributed by atoms with van der Waals surface area (Å²) in [4.78, 5) is 14.1. The van der Waals surface area contributed by atoms with Gasteiger partial charge in [0.25, 0.3) is 0 Å². The highest BCUT2D eigenvalue weighted by atomic mass is 32.2. The molecule has 10 heteroatoms. The summed E-state index contributed by atoms with van der Waals surface area (Å²) in [5.41, 5.74) is 2.22. The molecule has 0 spiro atoms. The van der Waals surface area contributed by atoms with Crippen LogP contribution < -0.4 is 15.0 Å². The van der Waals surface area contributed by atoms with Crippen molar-refractivity contribution in [3.63, 3.8) is 0 Å². The fraction of sp³-hybridized carbons (Fsp3) is 0.320. The molecule has 0 unspecified atom stereocenters. The van der Waals surface area contributed by atoms with Crippen LogP contribution in [0.15, 0.2) is 65.6 Å². The topological polar surface area (TPSA) is 105 Å². The largest absolute Gasteiger partial charge is 0.497 e. The van der Waals surface area contributed by atoms with Crippen LogP contribution >= 0.6 is 0 Å². The number of aromatic nitrogens is 2. The average molecular weight is 496 g/mol. The smallest absolute Gasteiger partial charge is 0.243 e. The number of nitrogens with zero attached hydrogens (tertiary/aromatic N) is 4. The molecule has 9 nitrogen and oxygen atoms in total. The number of ether oxygens (including phenoxy) is 1. The van der Waals surface area contributed by atoms with Gasteiger partial charge in [0, 0.05) is 43.3 Å². The summed E-state index contributed by atoms with van der Waals surface area (Å²) < 4.78 is 33.0. The number of hydrogen-bond acceptors (Lipinski definition) is 7. The van der Waals surface area contributed by atoms with Gasteiger partial charge in [0.1, 0.15) is 5.75 Å². The summed E-state index contributed by atoms with van der Waals surface area (Å²) in [7, 11) is -2.01. The molecule has 1 aromatic heterocycles. The van der Waals surface area contributed by atoms with Gasteiger partial charge in [-0.3, -0.25) is 4.79 Å². The molecule has 1 aliphatic heterocycles. The lowest BCUT2D eigenvalue weighted by molar-refractivity contribution is -0.118. The number of carbonyl (C=O) groups is 1. The van der Waals surface area contributed by atoms with E-state index in [1.807, 2.05) is 41.3 Å². The van der Waals surface area contributed by atoms with E-state index in [9.17, 15) is 13.2 Å². The average Bonchev–Trinajstić information content (AvgIpc) is 2.89. The minimum absolute atomic E-state index is 0.114. The third kappa shape index (κ3) is 5.60. The number of methoxy groups -OCH3 is 1. The predicted octanol–water partition coefficient (Wildman–Crippen LogP) is 3.26. The molecular formula is C25H29N5O4S. The molecule has 1 saturated heterocycles. The highest BCUT2D eigenvalue weighted by Gasteiger charge is 2.29. The van der Waals surface area contributed by atoms with Gasteiger partial charge in [-0.25, -0.2) is 8.42 Å². The van der Waals surface area contributed by atoms with Crippen molar-refractivity contribution in [3.05, 3.63) is 60.7 Å². The van der Waals surface area contributed by atoms with Gasteiger partial charge in [0.05, 0.1) is 17.7 Å². The summed E-state index contributed by atoms with van der Waals surface area (Å²) in [6.07, 6.45) is 0. The summed E-state index contributed by atoms with van der Waals surface area (Å²) in [5, 5.41) is 11.5. The van der Waals surface area contributed by atoms with Gasteiger partial charge in [-0.05, 0) is 48.5 Å². The quantitative estimate of drug-likeness (QED) is 0.536. The molecule has 2 aromatic carbocycles. The van der Waals surface area contributed by atoms with Gasteiger partial charge in [0.15, 0.2) is 5.82 Å². The maximum atomic E-state index is 13.1. The van der Waals surface area contributed by atoms with E-state index in [0.717, 1.165) is 17.0 Å². The molecule has 0 aliphatic carbocycles. The number of amides is 1. The zero-order valence-electron chi connectivity index (χ0n) is 20.0. The molecular weight excluding hydrogens is 466 g/mol. The van der Waals surface area contributed by atoms with Crippen molar-refractivity contribution in [3.8, 4) is 17.0 Å². The molecule has 3 aromatic rings. The van der Waals surface area contributed by atoms with E-state index < -0.39 is 10.0 Å². The highest BCUT2D eigenvalue weighted by molar-refractivity contribution is 7.89. The number of hydrogen-bond donors (Lipinski definition) is 1. The molecule has 2 heterocycles. The molecule has 0 radical (unpaired) electrons. The Labute approximate surface area is 205 Å². The van der Waals surface area contributed by atoms with Gasteiger partial charge in [-0.15, -0.1) is 10.2 Å². The van der Waals surface area contributed by atoms with Gasteiger partial charge in [-0.1, -0.05) is 26.0 Å². The number of sulfonamides is 1. The van der Waals surface area contributed by atoms with Gasteiger partial charge < -0.3 is 15.0 Å². The van der Waals surface area contributed by atoms with E-state index in [-0.39, 0.29) is 16.7 Å². The van der Waals surface area contributed by atoms with E-state index in [1.165, 1.54) is 16.4 Å². The van der Waals surface area contributed by atoms with Crippen molar-refractivity contribution in [2.75, 3.05) is 43.5 Å². The second-order valence-electron chi connectivity index (χ2n) is 8.57. The monoisotopic (exact) mass is 495 g/mol. The van der Waals surface area contributed by atoms with Crippen LogP contribution in [-0.2, 0) is 14.8 Å². The van der Waals surface area contributed by atoms with Crippen molar-refractivity contribution in [1.82, 2.24) is 14.5 Å². The number of anilines is 2. The van der Waals surface area contributed by atoms with Gasteiger partial charge in [-0.2, -0.15) is 4.31 Å². The molecule has 0 bridgehead atoms. The van der Waals surface area contributed by atoms with Crippen LogP contribution in [0, 0.1) is 5.92 Å². The molecule has 1 amide bonds. The van der Waals surface area contributed by atoms with Crippen LogP contribution in [0.5, 0.6) is 5.75 Å². The van der Waals surface area contributed by atoms with Crippen LogP contribution in [0.3, 0.4) is 0 Å². The number of benzene rings is 2. The minimum atomic E-state index is -3.63. The summed E-state index contributed by atoms with van der Waals surface area (Å²) in [6, 6.07) is 17.7. The van der Waals surface area contributed by atoms with E-state index in [1.54, 1.807) is 33.1 Å². The van der Waals surface area contributed by atoms with Crippen LogP contribution in [-0.4, -0.2) is 62.1 Å². The number of carbonyl (C=O) groups excluding carboxylic acids is 1. The molecule has 1 N–H and O–H groups in total. The van der Waals surface area contributed by atoms with E-state index in [0.29, 0.717) is 37.7 Å². The van der Waals surface area contributed by atoms with Crippen LogP contribution in [0.25, 0.3) is 11.3 Å². The third-order valence-electron chi connectivity index (χ3n) is 5.86. The molecule has 184 valence electrons. The molecule has 0 atom stereocenters. The number of piperazine rings is 1. The molecule has 35 heavy (non-hydrogen) atoms. The summed E-state index contributed by atoms with van der Waals surface area (Å²) >= 11 is 0. The van der Waals surface area contributed by atoms with Crippen molar-refractivity contribution in [2.45, 2.75) is 18.7 Å². The summed E-state index contributed by atoms with van der Waals surface area (Å²) in [5.74, 6) is 1.19. The Hall–Kier alpha value is -3.50. The van der Waals surface area contributed by atoms with Crippen LogP contribution in [0.1, 0.15) is 13.8 Å². The fourth-order valence-electron chi connectivity index (χ4n) is 3.73. The molecule has 1 aliphatic rings. The summed E-state index contributed by atoms with van der Waals surface area (Å²) in [6.45, 7) is 5.30. The third-order valence-corrected chi connectivity index (χ3v) is 7.78. The SMILES string of the molecule is COc1cccc(-c2ccc(N3CCN(S(=O)(=O)c4ccc(NC(=O)C(C)C)cc4)CC3)nn2)c1. The highest BCUT2D eigenvalue weighted by Crippen LogP contribution is 2.24. The van der Waals surface area contributed by atoms with E-state index >= 15 is 0 Å². The zero-order valence-corrected chi connectivity index (χ0v) is 20.8. The predicted molar refractivity (Wildman–Crippen MR) is 135 cm³/mol. The first-order valence-corrected chi connectivity index (χ1v) is 12.9. The Morgan fingerprint density at radius 3 is 2.29 bits per heavy atom. The Balaban J connectivity index is 1.38. The lowest BCUT2D eigenvalue weighted by Crippen LogP contribution is -2.49. The van der Waals surface area contributed by atoms with Gasteiger partial charge in [0.2, 0.25) is 15.9 Å². The zero-order chi connectivity index (χ0) is 25.0. The Morgan fingerprint density at radius 1 is 0.971 bits per heavy atom. The first-order valence-electron chi connectivity index (χ1n) is 11.4. The number of nitrogens with one attached hydrogen (secondary N) is 1. The molecule has 0 saturated carbocycles. The maximum Gasteiger partial charge on any atom is 0.243 e. The van der Waals surface area contributed by atoms with Crippen molar-refractivity contribution in [2.24, 2.45) is 5.92 Å². The van der Waals surface area contributed by atoms with Crippen molar-refractivity contribution >= 4 is 27.4 Å². The fourth-order valence-corrected chi connectivity index (χ4v) is 5.16. The standard InChI is InChI=1S/C25H29N5O4S/c1-18(2)25(31)26-20-7-9-22(10-8-20)35(32,33)30-15-13-29(14-16-30)24-12-11-23(27-28-24)19-5-4-6-21(17-19)34-3/h4-12,17-18H,13-16H2,1-3H3,(H,26,31). The lowest BCUT2D eigenvalue weighted by Gasteiger charge is -2.34. The van der Waals surface area contributed by atoms with Crippen LogP contribution in [0.4, 0.5) is 11.5 Å². The Morgan fingerprint density at radius 2 is 1.69 bits per heavy atom. The minimum Gasteiger partial charge on any atom is -0.497 e. The second kappa shape index (κ2) is 10.4. The molecule has 1 fully saturated rings. The van der Waals surface area contributed by atoms with Crippen LogP contribution in [0.2, 0.25) is 0 Å². The Bertz CT molecular complexity index is 1270. The molecule has 4 rings (SSSR count). The lowest BCUT2D eigenvalue weighted by atomic mass is 10.1. The van der Waals surface area contributed by atoms with Crippen molar-refractivity contribution in [1.29, 1.82) is 0 Å². The van der Waals surface area contributed by atoms with E-state index in [2.05, 4.69) is 15.5 Å². The van der Waals surface area contributed by atoms with Gasteiger partial charge >= 0.3 is 0 Å². The van der Waals surface area contributed by atoms with Crippen molar-refractivity contribution < 1.29 is 17.9 Å². The number of rotatable bonds is 7. The maximum absolute atomic E-state index is 13.1. The second-order valence-corrected chi connectivity index (χ2v) is 10.5. The first kappa shape index (κ1) is 24.6. The normalized spacial score (nSPS) is 14.7.